The van der Waals surface area contributed by atoms with E-state index in [1.54, 1.807) is 18.2 Å². The lowest BCUT2D eigenvalue weighted by Crippen LogP contribution is -2.53. The number of nitrogens with one attached hydrogen (secondary N) is 1. The Labute approximate surface area is 265 Å². The highest BCUT2D eigenvalue weighted by atomic mass is 35.5. The predicted molar refractivity (Wildman–Crippen MR) is 176 cm³/mol. The summed E-state index contributed by atoms with van der Waals surface area (Å²) >= 11 is 6.05. The molecule has 0 bridgehead atoms. The molecule has 0 spiro atoms. The minimum Gasteiger partial charge on any atom is -0.354 e. The van der Waals surface area contributed by atoms with E-state index in [0.717, 1.165) is 33.0 Å². The lowest BCUT2D eigenvalue weighted by molar-refractivity contribution is -0.140. The van der Waals surface area contributed by atoms with E-state index in [0.29, 0.717) is 17.3 Å². The van der Waals surface area contributed by atoms with Crippen molar-refractivity contribution in [3.8, 4) is 0 Å². The molecule has 4 aromatic carbocycles. The fraction of sp³-hybridized carbons (Fsp3) is 0.257. The quantitative estimate of drug-likeness (QED) is 0.187. The number of anilines is 1. The minimum absolute atomic E-state index is 0.00295. The van der Waals surface area contributed by atoms with Crippen molar-refractivity contribution in [1.82, 2.24) is 10.2 Å². The third-order valence-electron chi connectivity index (χ3n) is 7.39. The molecule has 1 atom stereocenters. The van der Waals surface area contributed by atoms with Crippen molar-refractivity contribution in [3.05, 3.63) is 130 Å². The molecule has 2 amide bonds. The van der Waals surface area contributed by atoms with Crippen molar-refractivity contribution >= 4 is 39.1 Å². The largest absolute Gasteiger partial charge is 0.354 e. The van der Waals surface area contributed by atoms with Gasteiger partial charge in [0.1, 0.15) is 12.6 Å². The molecular weight excluding hydrogens is 594 g/mol. The van der Waals surface area contributed by atoms with Crippen LogP contribution in [0.15, 0.2) is 108 Å². The summed E-state index contributed by atoms with van der Waals surface area (Å²) in [5, 5.41) is 3.36. The first kappa shape index (κ1) is 32.8. The van der Waals surface area contributed by atoms with E-state index < -0.39 is 28.5 Å². The van der Waals surface area contributed by atoms with Crippen LogP contribution in [0, 0.1) is 13.8 Å². The van der Waals surface area contributed by atoms with Gasteiger partial charge in [-0.1, -0.05) is 85.3 Å². The molecule has 0 aliphatic heterocycles. The van der Waals surface area contributed by atoms with E-state index in [2.05, 4.69) is 5.32 Å². The Kier molecular flexibility index (Phi) is 11.2. The second-order valence-corrected chi connectivity index (χ2v) is 13.0. The Morgan fingerprint density at radius 3 is 2.20 bits per heavy atom. The number of nitrogens with zero attached hydrogens (tertiary/aromatic N) is 2. The van der Waals surface area contributed by atoms with Gasteiger partial charge >= 0.3 is 0 Å². The summed E-state index contributed by atoms with van der Waals surface area (Å²) in [4.78, 5) is 29.7. The number of benzene rings is 4. The van der Waals surface area contributed by atoms with Gasteiger partial charge in [0.25, 0.3) is 10.0 Å². The van der Waals surface area contributed by atoms with Crippen LogP contribution >= 0.6 is 11.6 Å². The van der Waals surface area contributed by atoms with Crippen LogP contribution in [0.1, 0.15) is 35.6 Å². The molecule has 0 aliphatic carbocycles. The van der Waals surface area contributed by atoms with Crippen molar-refractivity contribution in [2.24, 2.45) is 0 Å². The summed E-state index contributed by atoms with van der Waals surface area (Å²) in [6.07, 6.45) is 0.998. The highest BCUT2D eigenvalue weighted by molar-refractivity contribution is 7.92. The van der Waals surface area contributed by atoms with Crippen molar-refractivity contribution in [2.75, 3.05) is 17.4 Å². The minimum atomic E-state index is -4.19. The Balaban J connectivity index is 1.80. The molecule has 0 aromatic heterocycles. The van der Waals surface area contributed by atoms with Crippen LogP contribution in [0.3, 0.4) is 0 Å². The standard InChI is InChI=1S/C35H38ClN3O4S/c1-4-21-37-35(41)33(23-28-13-6-5-7-14-28)38(24-29-15-9-8-12-27(29)3)34(40)25-39(31-16-10-11-26(2)22-31)44(42,43)32-19-17-30(36)18-20-32/h5-20,22,33H,4,21,23-25H2,1-3H3,(H,37,41). The number of rotatable bonds is 13. The highest BCUT2D eigenvalue weighted by Crippen LogP contribution is 2.27. The topological polar surface area (TPSA) is 86.8 Å². The Morgan fingerprint density at radius 2 is 1.55 bits per heavy atom. The van der Waals surface area contributed by atoms with Crippen molar-refractivity contribution < 1.29 is 18.0 Å². The fourth-order valence-electron chi connectivity index (χ4n) is 4.94. The number of halogens is 1. The summed E-state index contributed by atoms with van der Waals surface area (Å²) in [7, 11) is -4.19. The maximum Gasteiger partial charge on any atom is 0.264 e. The molecule has 1 unspecified atom stereocenters. The van der Waals surface area contributed by atoms with Crippen molar-refractivity contribution in [3.63, 3.8) is 0 Å². The van der Waals surface area contributed by atoms with E-state index in [1.807, 2.05) is 81.4 Å². The predicted octanol–water partition coefficient (Wildman–Crippen LogP) is 6.32. The number of hydrogen-bond donors (Lipinski definition) is 1. The summed E-state index contributed by atoms with van der Waals surface area (Å²) < 4.78 is 29.3. The molecule has 7 nitrogen and oxygen atoms in total. The number of hydrogen-bond acceptors (Lipinski definition) is 4. The van der Waals surface area contributed by atoms with Crippen LogP contribution in [0.4, 0.5) is 5.69 Å². The number of aryl methyl sites for hydroxylation is 2. The van der Waals surface area contributed by atoms with Gasteiger partial charge in [-0.25, -0.2) is 8.42 Å². The van der Waals surface area contributed by atoms with Gasteiger partial charge in [0.05, 0.1) is 10.6 Å². The lowest BCUT2D eigenvalue weighted by Gasteiger charge is -2.34. The monoisotopic (exact) mass is 631 g/mol. The number of carbonyl (C=O) groups excluding carboxylic acids is 2. The smallest absolute Gasteiger partial charge is 0.264 e. The van der Waals surface area contributed by atoms with Crippen molar-refractivity contribution in [2.45, 2.75) is 51.1 Å². The molecule has 0 heterocycles. The molecule has 0 aliphatic rings. The molecular formula is C35H38ClN3O4S. The fourth-order valence-corrected chi connectivity index (χ4v) is 6.47. The average Bonchev–Trinajstić information content (AvgIpc) is 3.01. The Hall–Kier alpha value is -4.14. The zero-order chi connectivity index (χ0) is 31.7. The SMILES string of the molecule is CCCNC(=O)C(Cc1ccccc1)N(Cc1ccccc1C)C(=O)CN(c1cccc(C)c1)S(=O)(=O)c1ccc(Cl)cc1. The Bertz CT molecular complexity index is 1680. The summed E-state index contributed by atoms with van der Waals surface area (Å²) in [5.74, 6) is -0.792. The molecule has 44 heavy (non-hydrogen) atoms. The second-order valence-electron chi connectivity index (χ2n) is 10.7. The first-order valence-electron chi connectivity index (χ1n) is 14.6. The van der Waals surface area contributed by atoms with Crippen LogP contribution in [0.25, 0.3) is 0 Å². The highest BCUT2D eigenvalue weighted by Gasteiger charge is 2.34. The van der Waals surface area contributed by atoms with Gasteiger partial charge in [0.2, 0.25) is 11.8 Å². The van der Waals surface area contributed by atoms with Crippen LogP contribution < -0.4 is 9.62 Å². The lowest BCUT2D eigenvalue weighted by atomic mass is 10.0. The zero-order valence-corrected chi connectivity index (χ0v) is 26.8. The van der Waals surface area contributed by atoms with Gasteiger partial charge in [-0.2, -0.15) is 0 Å². The molecule has 0 saturated heterocycles. The molecule has 4 rings (SSSR count). The van der Waals surface area contributed by atoms with Gasteiger partial charge in [-0.3, -0.25) is 13.9 Å². The maximum atomic E-state index is 14.5. The van der Waals surface area contributed by atoms with E-state index in [1.165, 1.54) is 29.2 Å². The Morgan fingerprint density at radius 1 is 0.864 bits per heavy atom. The van der Waals surface area contributed by atoms with E-state index in [-0.39, 0.29) is 23.8 Å². The van der Waals surface area contributed by atoms with E-state index >= 15 is 0 Å². The van der Waals surface area contributed by atoms with Gasteiger partial charge < -0.3 is 10.2 Å². The van der Waals surface area contributed by atoms with Crippen LogP contribution in [0.2, 0.25) is 5.02 Å². The molecule has 230 valence electrons. The first-order valence-corrected chi connectivity index (χ1v) is 16.4. The zero-order valence-electron chi connectivity index (χ0n) is 25.2. The molecule has 0 fully saturated rings. The number of sulfonamides is 1. The van der Waals surface area contributed by atoms with E-state index in [9.17, 15) is 18.0 Å². The molecule has 0 saturated carbocycles. The van der Waals surface area contributed by atoms with Gasteiger partial charge in [0, 0.05) is 24.5 Å². The number of carbonyl (C=O) groups is 2. The molecule has 0 radical (unpaired) electrons. The van der Waals surface area contributed by atoms with Gasteiger partial charge in [-0.05, 0) is 78.9 Å². The van der Waals surface area contributed by atoms with E-state index in [4.69, 9.17) is 11.6 Å². The molecule has 9 heteroatoms. The molecule has 4 aromatic rings. The summed E-state index contributed by atoms with van der Waals surface area (Å²) in [6, 6.07) is 29.1. The third-order valence-corrected chi connectivity index (χ3v) is 9.43. The molecule has 1 N–H and O–H groups in total. The van der Waals surface area contributed by atoms with Crippen LogP contribution in [-0.2, 0) is 32.6 Å². The second kappa shape index (κ2) is 15.0. The summed E-state index contributed by atoms with van der Waals surface area (Å²) in [6.45, 7) is 5.85. The van der Waals surface area contributed by atoms with Crippen molar-refractivity contribution in [1.29, 1.82) is 0 Å². The maximum absolute atomic E-state index is 14.5. The average molecular weight is 632 g/mol. The van der Waals surface area contributed by atoms with Gasteiger partial charge in [-0.15, -0.1) is 0 Å². The third kappa shape index (κ3) is 8.27. The number of amides is 2. The first-order chi connectivity index (χ1) is 21.1. The van der Waals surface area contributed by atoms with Gasteiger partial charge in [0.15, 0.2) is 0 Å². The summed E-state index contributed by atoms with van der Waals surface area (Å²) in [5.41, 5.74) is 3.89. The van der Waals surface area contributed by atoms with Crippen LogP contribution in [-0.4, -0.2) is 44.3 Å². The normalized spacial score (nSPS) is 11.9. The van der Waals surface area contributed by atoms with Crippen LogP contribution in [0.5, 0.6) is 0 Å².